The number of piperidine rings is 1. The van der Waals surface area contributed by atoms with Gasteiger partial charge in [0.1, 0.15) is 0 Å². The Labute approximate surface area is 187 Å². The molecule has 2 saturated heterocycles. The number of anilines is 1. The SMILES string of the molecule is Cc1nc(N2CCC3(CC2)CO[C@@H](C)[C@H]3N)n2ccnc2c1-c1cc2ccccc2n1C. The lowest BCUT2D eigenvalue weighted by molar-refractivity contribution is 0.0973. The van der Waals surface area contributed by atoms with Gasteiger partial charge in [0.15, 0.2) is 5.65 Å². The molecule has 2 aliphatic heterocycles. The fraction of sp³-hybridized carbons (Fsp3) is 0.440. The molecule has 7 nitrogen and oxygen atoms in total. The summed E-state index contributed by atoms with van der Waals surface area (Å²) in [6.45, 7) is 6.82. The largest absolute Gasteiger partial charge is 0.376 e. The van der Waals surface area contributed by atoms with Crippen molar-refractivity contribution >= 4 is 22.5 Å². The van der Waals surface area contributed by atoms with Crippen molar-refractivity contribution in [2.24, 2.45) is 18.2 Å². The van der Waals surface area contributed by atoms with Gasteiger partial charge in [-0.3, -0.25) is 4.40 Å². The first-order valence-corrected chi connectivity index (χ1v) is 11.5. The minimum Gasteiger partial charge on any atom is -0.376 e. The van der Waals surface area contributed by atoms with Crippen LogP contribution in [0.5, 0.6) is 0 Å². The molecular weight excluding hydrogens is 400 g/mol. The van der Waals surface area contributed by atoms with Gasteiger partial charge in [0, 0.05) is 54.9 Å². The number of aryl methyl sites for hydroxylation is 2. The smallest absolute Gasteiger partial charge is 0.211 e. The number of nitrogens with zero attached hydrogens (tertiary/aromatic N) is 5. The molecule has 0 saturated carbocycles. The van der Waals surface area contributed by atoms with E-state index in [-0.39, 0.29) is 17.6 Å². The van der Waals surface area contributed by atoms with Gasteiger partial charge in [0.2, 0.25) is 5.95 Å². The van der Waals surface area contributed by atoms with Crippen molar-refractivity contribution in [3.8, 4) is 11.3 Å². The van der Waals surface area contributed by atoms with Gasteiger partial charge in [-0.05, 0) is 38.8 Å². The topological polar surface area (TPSA) is 73.6 Å². The molecule has 0 bridgehead atoms. The minimum atomic E-state index is 0.0993. The number of rotatable bonds is 2. The summed E-state index contributed by atoms with van der Waals surface area (Å²) in [6.07, 6.45) is 6.10. The van der Waals surface area contributed by atoms with E-state index in [2.05, 4.69) is 65.1 Å². The lowest BCUT2D eigenvalue weighted by Crippen LogP contribution is -2.51. The van der Waals surface area contributed by atoms with Gasteiger partial charge in [-0.15, -0.1) is 0 Å². The van der Waals surface area contributed by atoms with Gasteiger partial charge in [-0.2, -0.15) is 0 Å². The van der Waals surface area contributed by atoms with Crippen LogP contribution in [0.3, 0.4) is 0 Å². The molecule has 32 heavy (non-hydrogen) atoms. The fourth-order valence-corrected chi connectivity index (χ4v) is 5.75. The summed E-state index contributed by atoms with van der Waals surface area (Å²) in [5.74, 6) is 0.966. The first-order chi connectivity index (χ1) is 15.5. The second kappa shape index (κ2) is 7.05. The second-order valence-electron chi connectivity index (χ2n) is 9.53. The summed E-state index contributed by atoms with van der Waals surface area (Å²) in [5.41, 5.74) is 12.0. The van der Waals surface area contributed by atoms with Gasteiger partial charge >= 0.3 is 0 Å². The van der Waals surface area contributed by atoms with E-state index in [9.17, 15) is 0 Å². The molecule has 2 N–H and O–H groups in total. The Kier molecular flexibility index (Phi) is 4.35. The Morgan fingerprint density at radius 2 is 1.97 bits per heavy atom. The van der Waals surface area contributed by atoms with Gasteiger partial charge in [-0.25, -0.2) is 9.97 Å². The molecule has 0 unspecified atom stereocenters. The molecule has 5 heterocycles. The van der Waals surface area contributed by atoms with Crippen molar-refractivity contribution in [3.05, 3.63) is 48.4 Å². The van der Waals surface area contributed by atoms with Crippen molar-refractivity contribution in [1.82, 2.24) is 18.9 Å². The predicted molar refractivity (Wildman–Crippen MR) is 127 cm³/mol. The third-order valence-corrected chi connectivity index (χ3v) is 7.81. The molecule has 1 spiro atoms. The quantitative estimate of drug-likeness (QED) is 0.527. The lowest BCUT2D eigenvalue weighted by Gasteiger charge is -2.41. The third-order valence-electron chi connectivity index (χ3n) is 7.81. The summed E-state index contributed by atoms with van der Waals surface area (Å²) in [4.78, 5) is 12.2. The monoisotopic (exact) mass is 430 g/mol. The number of nitrogens with two attached hydrogens (primary N) is 1. The van der Waals surface area contributed by atoms with E-state index in [1.165, 1.54) is 10.9 Å². The highest BCUT2D eigenvalue weighted by Crippen LogP contribution is 2.42. The van der Waals surface area contributed by atoms with Gasteiger partial charge in [-0.1, -0.05) is 18.2 Å². The zero-order valence-corrected chi connectivity index (χ0v) is 19.0. The van der Waals surface area contributed by atoms with Crippen LogP contribution in [0.25, 0.3) is 27.8 Å². The first kappa shape index (κ1) is 19.8. The normalized spacial score (nSPS) is 23.1. The molecule has 166 valence electrons. The Morgan fingerprint density at radius 1 is 1.19 bits per heavy atom. The zero-order valence-electron chi connectivity index (χ0n) is 19.0. The molecule has 3 aromatic heterocycles. The number of hydrogen-bond acceptors (Lipinski definition) is 5. The van der Waals surface area contributed by atoms with Crippen LogP contribution in [0.2, 0.25) is 0 Å². The molecule has 0 amide bonds. The standard InChI is InChI=1S/C25H30N6O/c1-16-21(20-14-18-6-4-5-7-19(18)29(20)3)23-27-10-13-31(23)24(28-16)30-11-8-25(9-12-30)15-32-17(2)22(25)26/h4-7,10,13-14,17,22H,8-9,11-12,15,26H2,1-3H3/t17-,22+/m0/s1. The molecule has 2 aliphatic rings. The highest BCUT2D eigenvalue weighted by molar-refractivity contribution is 5.90. The molecule has 0 aliphatic carbocycles. The highest BCUT2D eigenvalue weighted by atomic mass is 16.5. The number of imidazole rings is 1. The van der Waals surface area contributed by atoms with Crippen LogP contribution in [0.1, 0.15) is 25.5 Å². The van der Waals surface area contributed by atoms with E-state index in [0.29, 0.717) is 0 Å². The molecule has 7 heteroatoms. The second-order valence-corrected chi connectivity index (χ2v) is 9.53. The lowest BCUT2D eigenvalue weighted by atomic mass is 9.73. The van der Waals surface area contributed by atoms with Crippen LogP contribution in [0.15, 0.2) is 42.7 Å². The van der Waals surface area contributed by atoms with Gasteiger partial charge < -0.3 is 19.9 Å². The Morgan fingerprint density at radius 3 is 2.69 bits per heavy atom. The minimum absolute atomic E-state index is 0.0993. The number of hydrogen-bond donors (Lipinski definition) is 1. The first-order valence-electron chi connectivity index (χ1n) is 11.5. The molecule has 2 fully saturated rings. The Bertz CT molecular complexity index is 1310. The van der Waals surface area contributed by atoms with Crippen molar-refractivity contribution in [1.29, 1.82) is 0 Å². The van der Waals surface area contributed by atoms with Crippen molar-refractivity contribution in [2.75, 3.05) is 24.6 Å². The van der Waals surface area contributed by atoms with Crippen LogP contribution >= 0.6 is 0 Å². The average Bonchev–Trinajstić information content (AvgIpc) is 3.49. The molecule has 0 radical (unpaired) electrons. The summed E-state index contributed by atoms with van der Waals surface area (Å²) >= 11 is 0. The maximum atomic E-state index is 6.52. The molecule has 4 aromatic rings. The maximum Gasteiger partial charge on any atom is 0.211 e. The summed E-state index contributed by atoms with van der Waals surface area (Å²) in [7, 11) is 2.11. The van der Waals surface area contributed by atoms with Crippen molar-refractivity contribution in [2.45, 2.75) is 38.8 Å². The van der Waals surface area contributed by atoms with Gasteiger partial charge in [0.25, 0.3) is 0 Å². The maximum absolute atomic E-state index is 6.52. The number of ether oxygens (including phenoxy) is 1. The molecule has 2 atom stereocenters. The number of para-hydroxylation sites is 1. The summed E-state index contributed by atoms with van der Waals surface area (Å²) in [5, 5.41) is 1.23. The molecule has 1 aromatic carbocycles. The van der Waals surface area contributed by atoms with Crippen LogP contribution in [0, 0.1) is 12.3 Å². The zero-order chi connectivity index (χ0) is 22.0. The Hall–Kier alpha value is -2.90. The summed E-state index contributed by atoms with van der Waals surface area (Å²) < 4.78 is 10.3. The number of aromatic nitrogens is 4. The predicted octanol–water partition coefficient (Wildman–Crippen LogP) is 3.53. The van der Waals surface area contributed by atoms with Crippen LogP contribution in [0.4, 0.5) is 5.95 Å². The molecule has 6 rings (SSSR count). The number of fused-ring (bicyclic) bond motifs is 2. The fourth-order valence-electron chi connectivity index (χ4n) is 5.75. The number of benzene rings is 1. The van der Waals surface area contributed by atoms with Crippen LogP contribution in [-0.2, 0) is 11.8 Å². The molecular formula is C25H30N6O. The Balaban J connectivity index is 1.40. The van der Waals surface area contributed by atoms with Crippen molar-refractivity contribution < 1.29 is 4.74 Å². The van der Waals surface area contributed by atoms with Crippen LogP contribution < -0.4 is 10.6 Å². The van der Waals surface area contributed by atoms with Gasteiger partial charge in [0.05, 0.1) is 29.7 Å². The van der Waals surface area contributed by atoms with Crippen LogP contribution in [-0.4, -0.2) is 50.8 Å². The van der Waals surface area contributed by atoms with E-state index in [1.807, 2.05) is 12.4 Å². The van der Waals surface area contributed by atoms with E-state index in [1.54, 1.807) is 0 Å². The van der Waals surface area contributed by atoms with E-state index < -0.39 is 0 Å². The average molecular weight is 431 g/mol. The van der Waals surface area contributed by atoms with E-state index in [4.69, 9.17) is 20.4 Å². The third kappa shape index (κ3) is 2.74. The summed E-state index contributed by atoms with van der Waals surface area (Å²) in [6, 6.07) is 10.8. The van der Waals surface area contributed by atoms with E-state index in [0.717, 1.165) is 61.1 Å². The van der Waals surface area contributed by atoms with E-state index >= 15 is 0 Å². The van der Waals surface area contributed by atoms with Crippen molar-refractivity contribution in [3.63, 3.8) is 0 Å². The highest BCUT2D eigenvalue weighted by Gasteiger charge is 2.47.